The minimum Gasteiger partial charge on any atom is -0.478 e. The lowest BCUT2D eigenvalue weighted by Gasteiger charge is -2.36. The second kappa shape index (κ2) is 12.2. The van der Waals surface area contributed by atoms with E-state index in [1.165, 1.54) is 48.9 Å². The highest BCUT2D eigenvalue weighted by Gasteiger charge is 2.18. The number of carbonyl (C=O) groups is 2. The molecule has 2 N–H and O–H groups in total. The van der Waals surface area contributed by atoms with Crippen molar-refractivity contribution in [1.29, 1.82) is 0 Å². The molecule has 0 saturated carbocycles. The van der Waals surface area contributed by atoms with Gasteiger partial charge in [0, 0.05) is 50.6 Å². The quantitative estimate of drug-likeness (QED) is 0.522. The van der Waals surface area contributed by atoms with Crippen molar-refractivity contribution in [2.75, 3.05) is 31.1 Å². The van der Waals surface area contributed by atoms with Crippen LogP contribution >= 0.6 is 0 Å². The lowest BCUT2D eigenvalue weighted by molar-refractivity contribution is -0.134. The fourth-order valence-corrected chi connectivity index (χ4v) is 4.45. The summed E-state index contributed by atoms with van der Waals surface area (Å²) < 4.78 is 0. The molecule has 2 aliphatic rings. The van der Waals surface area contributed by atoms with Crippen LogP contribution in [0.5, 0.6) is 0 Å². The molecule has 6 nitrogen and oxygen atoms in total. The second-order valence-electron chi connectivity index (χ2n) is 8.78. The Kier molecular flexibility index (Phi) is 9.07. The highest BCUT2D eigenvalue weighted by Crippen LogP contribution is 2.23. The summed E-state index contributed by atoms with van der Waals surface area (Å²) in [5.41, 5.74) is 7.46. The Balaban J connectivity index is 0.000000331. The van der Waals surface area contributed by atoms with Gasteiger partial charge in [-0.2, -0.15) is 0 Å². The van der Waals surface area contributed by atoms with E-state index in [1.807, 2.05) is 0 Å². The smallest absolute Gasteiger partial charge is 0.328 e. The molecular weight excluding hydrogens is 416 g/mol. The Morgan fingerprint density at radius 2 is 1.52 bits per heavy atom. The van der Waals surface area contributed by atoms with Crippen LogP contribution in [0.25, 0.3) is 0 Å². The van der Waals surface area contributed by atoms with Crippen LogP contribution in [0.3, 0.4) is 0 Å². The minimum absolute atomic E-state index is 0.558. The number of anilines is 1. The number of hydrogen-bond acceptors (Lipinski definition) is 4. The van der Waals surface area contributed by atoms with Gasteiger partial charge in [-0.1, -0.05) is 36.8 Å². The molecule has 1 heterocycles. The van der Waals surface area contributed by atoms with E-state index in [2.05, 4.69) is 59.2 Å². The van der Waals surface area contributed by atoms with Crippen LogP contribution < -0.4 is 4.90 Å². The van der Waals surface area contributed by atoms with E-state index in [1.54, 1.807) is 11.1 Å². The van der Waals surface area contributed by atoms with Gasteiger partial charge in [0.05, 0.1) is 0 Å². The van der Waals surface area contributed by atoms with Crippen LogP contribution in [-0.4, -0.2) is 53.2 Å². The minimum atomic E-state index is -1.26. The summed E-state index contributed by atoms with van der Waals surface area (Å²) in [6, 6.07) is 16.2. The topological polar surface area (TPSA) is 81.1 Å². The van der Waals surface area contributed by atoms with Crippen molar-refractivity contribution >= 4 is 17.6 Å². The molecular formula is C27H34N2O4. The number of carboxylic acids is 2. The maximum absolute atomic E-state index is 9.55. The first-order valence-electron chi connectivity index (χ1n) is 11.7. The largest absolute Gasteiger partial charge is 0.478 e. The third-order valence-corrected chi connectivity index (χ3v) is 6.18. The SMILES string of the molecule is Cc1cccc(N2CCN(Cc3ccc4c(c3)CCCCC4)CC2)c1.O=C(O)/C=C\C(=O)O. The highest BCUT2D eigenvalue weighted by molar-refractivity contribution is 5.89. The van der Waals surface area contributed by atoms with Crippen molar-refractivity contribution in [3.05, 3.63) is 76.9 Å². The number of nitrogens with zero attached hydrogens (tertiary/aromatic N) is 2. The third kappa shape index (κ3) is 8.06. The number of fused-ring (bicyclic) bond motifs is 1. The summed E-state index contributed by atoms with van der Waals surface area (Å²) in [4.78, 5) is 24.3. The van der Waals surface area contributed by atoms with E-state index >= 15 is 0 Å². The average molecular weight is 451 g/mol. The number of piperazine rings is 1. The van der Waals surface area contributed by atoms with Crippen molar-refractivity contribution in [3.8, 4) is 0 Å². The Hall–Kier alpha value is -3.12. The van der Waals surface area contributed by atoms with Gasteiger partial charge in [-0.05, 0) is 67.0 Å². The first kappa shape index (κ1) is 24.5. The normalized spacial score (nSPS) is 16.5. The third-order valence-electron chi connectivity index (χ3n) is 6.18. The number of carboxylic acid groups (broad SMARTS) is 2. The van der Waals surface area contributed by atoms with Gasteiger partial charge in [-0.15, -0.1) is 0 Å². The van der Waals surface area contributed by atoms with Crippen LogP contribution in [-0.2, 0) is 29.0 Å². The maximum atomic E-state index is 9.55. The predicted molar refractivity (Wildman–Crippen MR) is 131 cm³/mol. The number of aryl methyl sites for hydroxylation is 3. The molecule has 0 atom stereocenters. The summed E-state index contributed by atoms with van der Waals surface area (Å²) in [5.74, 6) is -2.51. The standard InChI is InChI=1S/C23H30N2.C4H4O4/c1-19-6-5-9-23(16-19)25-14-12-24(13-15-25)18-20-10-11-21-7-3-2-4-8-22(21)17-20;5-3(6)1-2-4(7)8/h5-6,9-11,16-17H,2-4,7-8,12-15,18H2,1H3;1-2H,(H,5,6)(H,7,8)/b;2-1-. The van der Waals surface area contributed by atoms with E-state index in [4.69, 9.17) is 10.2 Å². The Bertz CT molecular complexity index is 962. The van der Waals surface area contributed by atoms with Gasteiger partial charge in [-0.3, -0.25) is 4.90 Å². The zero-order valence-corrected chi connectivity index (χ0v) is 19.4. The molecule has 6 heteroatoms. The molecule has 0 bridgehead atoms. The summed E-state index contributed by atoms with van der Waals surface area (Å²) in [6.07, 6.45) is 7.81. The van der Waals surface area contributed by atoms with Gasteiger partial charge in [0.2, 0.25) is 0 Å². The van der Waals surface area contributed by atoms with Gasteiger partial charge >= 0.3 is 11.9 Å². The molecule has 0 spiro atoms. The molecule has 0 unspecified atom stereocenters. The van der Waals surface area contributed by atoms with E-state index in [0.717, 1.165) is 32.7 Å². The van der Waals surface area contributed by atoms with Gasteiger partial charge in [0.25, 0.3) is 0 Å². The first-order chi connectivity index (χ1) is 15.9. The van der Waals surface area contributed by atoms with Crippen molar-refractivity contribution in [2.24, 2.45) is 0 Å². The zero-order valence-electron chi connectivity index (χ0n) is 19.4. The Labute approximate surface area is 196 Å². The Morgan fingerprint density at radius 3 is 2.15 bits per heavy atom. The average Bonchev–Trinajstić information content (AvgIpc) is 3.04. The molecule has 176 valence electrons. The molecule has 1 aliphatic carbocycles. The molecule has 2 aromatic rings. The van der Waals surface area contributed by atoms with Crippen LogP contribution in [0.15, 0.2) is 54.6 Å². The summed E-state index contributed by atoms with van der Waals surface area (Å²) in [6.45, 7) is 7.87. The van der Waals surface area contributed by atoms with E-state index < -0.39 is 11.9 Å². The number of aliphatic carboxylic acids is 2. The molecule has 0 aromatic heterocycles. The van der Waals surface area contributed by atoms with Crippen LogP contribution in [0, 0.1) is 6.92 Å². The molecule has 1 fully saturated rings. The summed E-state index contributed by atoms with van der Waals surface area (Å²) >= 11 is 0. The molecule has 0 amide bonds. The fourth-order valence-electron chi connectivity index (χ4n) is 4.45. The van der Waals surface area contributed by atoms with Crippen LogP contribution in [0.4, 0.5) is 5.69 Å². The fraction of sp³-hybridized carbons (Fsp3) is 0.407. The van der Waals surface area contributed by atoms with Gasteiger partial charge < -0.3 is 15.1 Å². The van der Waals surface area contributed by atoms with E-state index in [-0.39, 0.29) is 0 Å². The summed E-state index contributed by atoms with van der Waals surface area (Å²) in [5, 5.41) is 15.6. The monoisotopic (exact) mass is 450 g/mol. The van der Waals surface area contributed by atoms with Crippen LogP contribution in [0.2, 0.25) is 0 Å². The number of benzene rings is 2. The molecule has 33 heavy (non-hydrogen) atoms. The predicted octanol–water partition coefficient (Wildman–Crippen LogP) is 4.30. The molecule has 1 saturated heterocycles. The van der Waals surface area contributed by atoms with Crippen molar-refractivity contribution in [3.63, 3.8) is 0 Å². The van der Waals surface area contributed by atoms with Gasteiger partial charge in [0.15, 0.2) is 0 Å². The van der Waals surface area contributed by atoms with Crippen LogP contribution in [0.1, 0.15) is 41.5 Å². The highest BCUT2D eigenvalue weighted by atomic mass is 16.4. The van der Waals surface area contributed by atoms with E-state index in [0.29, 0.717) is 12.2 Å². The van der Waals surface area contributed by atoms with Gasteiger partial charge in [-0.25, -0.2) is 9.59 Å². The number of hydrogen-bond donors (Lipinski definition) is 2. The zero-order chi connectivity index (χ0) is 23.6. The maximum Gasteiger partial charge on any atom is 0.328 e. The Morgan fingerprint density at radius 1 is 0.848 bits per heavy atom. The molecule has 0 radical (unpaired) electrons. The molecule has 4 rings (SSSR count). The summed E-state index contributed by atoms with van der Waals surface area (Å²) in [7, 11) is 0. The molecule has 2 aromatic carbocycles. The lowest BCUT2D eigenvalue weighted by Crippen LogP contribution is -2.46. The second-order valence-corrected chi connectivity index (χ2v) is 8.78. The van der Waals surface area contributed by atoms with Crippen molar-refractivity contribution < 1.29 is 19.8 Å². The molecule has 1 aliphatic heterocycles. The lowest BCUT2D eigenvalue weighted by atomic mass is 10.00. The first-order valence-corrected chi connectivity index (χ1v) is 11.7. The van der Waals surface area contributed by atoms with Crippen molar-refractivity contribution in [2.45, 2.75) is 45.6 Å². The number of rotatable bonds is 5. The van der Waals surface area contributed by atoms with E-state index in [9.17, 15) is 9.59 Å². The van der Waals surface area contributed by atoms with Gasteiger partial charge in [0.1, 0.15) is 0 Å². The van der Waals surface area contributed by atoms with Crippen molar-refractivity contribution in [1.82, 2.24) is 4.90 Å².